The molecule has 0 unspecified atom stereocenters. The van der Waals surface area contributed by atoms with Gasteiger partial charge in [0.05, 0.1) is 10.9 Å². The van der Waals surface area contributed by atoms with Crippen LogP contribution in [0, 0.1) is 12.3 Å². The van der Waals surface area contributed by atoms with Crippen LogP contribution in [-0.2, 0) is 13.5 Å². The van der Waals surface area contributed by atoms with Gasteiger partial charge in [0.1, 0.15) is 18.5 Å². The van der Waals surface area contributed by atoms with Crippen LogP contribution in [0.4, 0.5) is 0 Å². The number of hydrogen-bond donors (Lipinski definition) is 0. The molecule has 0 atom stereocenters. The summed E-state index contributed by atoms with van der Waals surface area (Å²) >= 11 is 1.88. The standard InChI is InChI=1S/C32H28NOS/c1-18-19-10-6-7-11-20(19)24(17-32(2,3)4)30-27(18)29-28-22(14-15-33(29)5)31-23(16-25(28)34-30)21-12-8-9-13-26(21)35-31/h6-16H,17H2,1-5H3/q+1. The molecule has 0 aliphatic carbocycles. The average molecular weight is 475 g/mol. The predicted molar refractivity (Wildman–Crippen MR) is 149 cm³/mol. The zero-order valence-electron chi connectivity index (χ0n) is 20.8. The number of benzene rings is 4. The fraction of sp³-hybridized carbons (Fsp3) is 0.219. The van der Waals surface area contributed by atoms with Crippen molar-refractivity contribution in [2.24, 2.45) is 12.5 Å². The van der Waals surface area contributed by atoms with E-state index in [0.717, 1.165) is 17.9 Å². The fourth-order valence-electron chi connectivity index (χ4n) is 5.95. The summed E-state index contributed by atoms with van der Waals surface area (Å²) in [6.45, 7) is 9.19. The number of aromatic nitrogens is 1. The van der Waals surface area contributed by atoms with Gasteiger partial charge in [0.15, 0.2) is 6.20 Å². The molecule has 172 valence electrons. The number of nitrogens with zero attached hydrogens (tertiary/aromatic N) is 1. The van der Waals surface area contributed by atoms with Crippen molar-refractivity contribution in [3.8, 4) is 22.8 Å². The van der Waals surface area contributed by atoms with Gasteiger partial charge in [-0.2, -0.15) is 0 Å². The molecule has 2 nitrogen and oxygen atoms in total. The van der Waals surface area contributed by atoms with E-state index in [-0.39, 0.29) is 5.41 Å². The van der Waals surface area contributed by atoms with Gasteiger partial charge in [-0.1, -0.05) is 63.2 Å². The molecule has 2 aromatic heterocycles. The molecule has 0 fully saturated rings. The molecule has 0 bridgehead atoms. The fourth-order valence-corrected chi connectivity index (χ4v) is 7.16. The van der Waals surface area contributed by atoms with E-state index in [1.165, 1.54) is 64.1 Å². The van der Waals surface area contributed by atoms with Gasteiger partial charge in [0, 0.05) is 37.2 Å². The first-order valence-electron chi connectivity index (χ1n) is 12.3. The van der Waals surface area contributed by atoms with Crippen LogP contribution < -0.4 is 9.30 Å². The van der Waals surface area contributed by atoms with Crippen molar-refractivity contribution in [1.82, 2.24) is 0 Å². The lowest BCUT2D eigenvalue weighted by Crippen LogP contribution is -2.32. The van der Waals surface area contributed by atoms with Crippen LogP contribution >= 0.6 is 11.3 Å². The Kier molecular flexibility index (Phi) is 4.21. The lowest BCUT2D eigenvalue weighted by atomic mass is 9.81. The van der Waals surface area contributed by atoms with Crippen molar-refractivity contribution in [3.63, 3.8) is 0 Å². The summed E-state index contributed by atoms with van der Waals surface area (Å²) < 4.78 is 11.9. The highest BCUT2D eigenvalue weighted by Gasteiger charge is 2.34. The monoisotopic (exact) mass is 474 g/mol. The lowest BCUT2D eigenvalue weighted by Gasteiger charge is -2.28. The lowest BCUT2D eigenvalue weighted by molar-refractivity contribution is -0.659. The molecule has 7 rings (SSSR count). The average Bonchev–Trinajstić information content (AvgIpc) is 3.21. The third kappa shape index (κ3) is 2.91. The van der Waals surface area contributed by atoms with Crippen LogP contribution in [0.3, 0.4) is 0 Å². The van der Waals surface area contributed by atoms with Crippen molar-refractivity contribution in [1.29, 1.82) is 0 Å². The Bertz CT molecular complexity index is 1850. The van der Waals surface area contributed by atoms with Gasteiger partial charge in [-0.25, -0.2) is 4.57 Å². The number of rotatable bonds is 1. The summed E-state index contributed by atoms with van der Waals surface area (Å²) in [5.74, 6) is 2.00. The maximum atomic E-state index is 6.99. The molecule has 0 saturated heterocycles. The molecule has 0 spiro atoms. The molecule has 0 N–H and O–H groups in total. The van der Waals surface area contributed by atoms with Crippen LogP contribution in [0.5, 0.6) is 11.5 Å². The van der Waals surface area contributed by atoms with Crippen LogP contribution in [0.2, 0.25) is 0 Å². The molecule has 35 heavy (non-hydrogen) atoms. The van der Waals surface area contributed by atoms with Crippen molar-refractivity contribution in [2.75, 3.05) is 0 Å². The third-order valence-corrected chi connectivity index (χ3v) is 8.63. The van der Waals surface area contributed by atoms with Crippen molar-refractivity contribution >= 4 is 53.1 Å². The number of ether oxygens (including phenoxy) is 1. The molecule has 3 heterocycles. The predicted octanol–water partition coefficient (Wildman–Crippen LogP) is 8.86. The summed E-state index contributed by atoms with van der Waals surface area (Å²) in [6.07, 6.45) is 3.17. The molecular weight excluding hydrogens is 446 g/mol. The van der Waals surface area contributed by atoms with E-state index >= 15 is 0 Å². The topological polar surface area (TPSA) is 13.1 Å². The minimum absolute atomic E-state index is 0.136. The second kappa shape index (κ2) is 7.05. The summed E-state index contributed by atoms with van der Waals surface area (Å²) in [4.78, 5) is 0. The van der Waals surface area contributed by atoms with Gasteiger partial charge in [0.25, 0.3) is 0 Å². The number of fused-ring (bicyclic) bond motifs is 7. The smallest absolute Gasteiger partial charge is 0.228 e. The molecule has 3 heteroatoms. The van der Waals surface area contributed by atoms with E-state index in [1.807, 2.05) is 11.3 Å². The van der Waals surface area contributed by atoms with Crippen LogP contribution in [0.1, 0.15) is 31.9 Å². The summed E-state index contributed by atoms with van der Waals surface area (Å²) in [6, 6.07) is 22.1. The zero-order chi connectivity index (χ0) is 24.1. The number of hydrogen-bond acceptors (Lipinski definition) is 2. The molecule has 1 aliphatic rings. The maximum absolute atomic E-state index is 6.99. The summed E-state index contributed by atoms with van der Waals surface area (Å²) in [5, 5.41) is 7.71. The Morgan fingerprint density at radius 1 is 0.857 bits per heavy atom. The van der Waals surface area contributed by atoms with Crippen LogP contribution in [-0.4, -0.2) is 0 Å². The Balaban J connectivity index is 1.68. The molecular formula is C32H28NOS+. The first-order chi connectivity index (χ1) is 16.8. The van der Waals surface area contributed by atoms with Crippen molar-refractivity contribution < 1.29 is 9.30 Å². The minimum atomic E-state index is 0.136. The molecule has 1 aliphatic heterocycles. The van der Waals surface area contributed by atoms with Crippen LogP contribution in [0.15, 0.2) is 66.9 Å². The highest BCUT2D eigenvalue weighted by Crippen LogP contribution is 2.54. The SMILES string of the molecule is Cc1c2c(c(CC(C)(C)C)c3ccccc13)Oc1cc3c4ccccc4sc3c3cc[n+](C)c-2c13. The number of thiophene rings is 1. The normalized spacial score (nSPS) is 13.1. The summed E-state index contributed by atoms with van der Waals surface area (Å²) in [5.41, 5.74) is 5.24. The van der Waals surface area contributed by atoms with E-state index < -0.39 is 0 Å². The summed E-state index contributed by atoms with van der Waals surface area (Å²) in [7, 11) is 2.17. The highest BCUT2D eigenvalue weighted by atomic mass is 32.1. The Morgan fingerprint density at radius 3 is 2.34 bits per heavy atom. The molecule has 0 radical (unpaired) electrons. The molecule has 0 saturated carbocycles. The first-order valence-corrected chi connectivity index (χ1v) is 13.1. The largest absolute Gasteiger partial charge is 0.455 e. The highest BCUT2D eigenvalue weighted by molar-refractivity contribution is 7.26. The van der Waals surface area contributed by atoms with E-state index in [2.05, 4.69) is 106 Å². The Morgan fingerprint density at radius 2 is 1.57 bits per heavy atom. The zero-order valence-corrected chi connectivity index (χ0v) is 21.6. The number of pyridine rings is 1. The van der Waals surface area contributed by atoms with Crippen LogP contribution in [0.25, 0.3) is 53.0 Å². The van der Waals surface area contributed by atoms with E-state index in [9.17, 15) is 0 Å². The molecule has 4 aromatic carbocycles. The quantitative estimate of drug-likeness (QED) is 0.217. The Labute approximate surface area is 209 Å². The maximum Gasteiger partial charge on any atom is 0.228 e. The van der Waals surface area contributed by atoms with Crippen molar-refractivity contribution in [3.05, 3.63) is 78.0 Å². The second-order valence-corrected chi connectivity index (χ2v) is 12.2. The first kappa shape index (κ1) is 20.9. The molecule has 6 aromatic rings. The van der Waals surface area contributed by atoms with E-state index in [4.69, 9.17) is 4.74 Å². The second-order valence-electron chi connectivity index (χ2n) is 11.1. The Hall–Kier alpha value is -3.43. The van der Waals surface area contributed by atoms with Gasteiger partial charge < -0.3 is 4.74 Å². The third-order valence-electron chi connectivity index (χ3n) is 7.41. The molecule has 0 amide bonds. The number of aryl methyl sites for hydroxylation is 2. The minimum Gasteiger partial charge on any atom is -0.455 e. The van der Waals surface area contributed by atoms with Gasteiger partial charge >= 0.3 is 0 Å². The van der Waals surface area contributed by atoms with Crippen molar-refractivity contribution in [2.45, 2.75) is 34.1 Å². The van der Waals surface area contributed by atoms with Gasteiger partial charge in [-0.05, 0) is 47.2 Å². The van der Waals surface area contributed by atoms with Gasteiger partial charge in [-0.15, -0.1) is 11.3 Å². The van der Waals surface area contributed by atoms with Gasteiger partial charge in [-0.3, -0.25) is 0 Å². The van der Waals surface area contributed by atoms with E-state index in [1.54, 1.807) is 0 Å². The van der Waals surface area contributed by atoms with E-state index in [0.29, 0.717) is 0 Å². The van der Waals surface area contributed by atoms with Gasteiger partial charge in [0.2, 0.25) is 5.69 Å².